The molecule has 2 aromatic rings. The summed E-state index contributed by atoms with van der Waals surface area (Å²) < 4.78 is 16.2. The van der Waals surface area contributed by atoms with Gasteiger partial charge in [0.25, 0.3) is 0 Å². The Morgan fingerprint density at radius 1 is 1.25 bits per heavy atom. The lowest BCUT2D eigenvalue weighted by Gasteiger charge is -2.35. The average Bonchev–Trinajstić information content (AvgIpc) is 3.04. The van der Waals surface area contributed by atoms with Crippen LogP contribution in [0.3, 0.4) is 0 Å². The molecule has 1 aromatic carbocycles. The van der Waals surface area contributed by atoms with E-state index in [0.717, 1.165) is 22.7 Å². The lowest BCUT2D eigenvalue weighted by Crippen LogP contribution is -2.33. The van der Waals surface area contributed by atoms with Crippen LogP contribution in [-0.2, 0) is 11.8 Å². The van der Waals surface area contributed by atoms with E-state index in [1.807, 2.05) is 25.2 Å². The van der Waals surface area contributed by atoms with Crippen molar-refractivity contribution in [1.29, 1.82) is 0 Å². The van der Waals surface area contributed by atoms with Gasteiger partial charge in [0.05, 0.1) is 18.7 Å². The average molecular weight is 376 g/mol. The summed E-state index contributed by atoms with van der Waals surface area (Å²) in [4.78, 5) is 16.7. The number of aromatic nitrogens is 3. The van der Waals surface area contributed by atoms with E-state index in [4.69, 9.17) is 0 Å². The van der Waals surface area contributed by atoms with Gasteiger partial charge in [-0.05, 0) is 5.56 Å². The maximum Gasteiger partial charge on any atom is 0.176 e. The van der Waals surface area contributed by atoms with Gasteiger partial charge in [0.1, 0.15) is 17.8 Å². The summed E-state index contributed by atoms with van der Waals surface area (Å²) in [6.07, 6.45) is 6.36. The molecule has 1 aliphatic carbocycles. The third-order valence-electron chi connectivity index (χ3n) is 5.30. The zero-order chi connectivity index (χ0) is 19.3. The van der Waals surface area contributed by atoms with Crippen LogP contribution in [0.5, 0.6) is 0 Å². The van der Waals surface area contributed by atoms with Crippen LogP contribution in [0.25, 0.3) is 0 Å². The molecule has 2 aliphatic heterocycles. The van der Waals surface area contributed by atoms with Gasteiger partial charge >= 0.3 is 0 Å². The quantitative estimate of drug-likeness (QED) is 0.813. The van der Waals surface area contributed by atoms with Gasteiger partial charge < -0.3 is 5.32 Å². The van der Waals surface area contributed by atoms with Crippen molar-refractivity contribution in [2.45, 2.75) is 11.8 Å². The van der Waals surface area contributed by atoms with Crippen LogP contribution in [0.4, 0.5) is 4.48 Å². The minimum Gasteiger partial charge on any atom is -0.380 e. The van der Waals surface area contributed by atoms with Crippen molar-refractivity contribution in [3.05, 3.63) is 82.7 Å². The number of ketones is 1. The molecule has 0 amide bonds. The van der Waals surface area contributed by atoms with Gasteiger partial charge in [0.2, 0.25) is 0 Å². The van der Waals surface area contributed by atoms with Crippen LogP contribution in [0.15, 0.2) is 76.5 Å². The molecule has 2 unspecified atom stereocenters. The smallest absolute Gasteiger partial charge is 0.176 e. The second kappa shape index (κ2) is 6.26. The molecule has 1 aromatic heterocycles. The number of carbonyl (C=O) groups excluding carboxylic acids is 1. The molecule has 140 valence electrons. The monoisotopic (exact) mass is 376 g/mol. The number of aryl methyl sites for hydroxylation is 1. The maximum absolute atomic E-state index is 14.4. The number of hydrogen-bond acceptors (Lipinski definition) is 6. The van der Waals surface area contributed by atoms with E-state index in [1.54, 1.807) is 4.68 Å². The normalized spacial score (nSPS) is 23.6. The van der Waals surface area contributed by atoms with Gasteiger partial charge in [-0.1, -0.05) is 46.1 Å². The lowest BCUT2D eigenvalue weighted by molar-refractivity contribution is -0.113. The second-order valence-electron chi connectivity index (χ2n) is 6.92. The second-order valence-corrected chi connectivity index (χ2v) is 6.92. The molecule has 0 radical (unpaired) electrons. The lowest BCUT2D eigenvalue weighted by atomic mass is 9.74. The van der Waals surface area contributed by atoms with Crippen molar-refractivity contribution in [3.8, 4) is 0 Å². The maximum atomic E-state index is 14.4. The number of halogens is 1. The fraction of sp³-hybridized carbons (Fsp3) is 0.200. The summed E-state index contributed by atoms with van der Waals surface area (Å²) in [7, 11) is 1.83. The van der Waals surface area contributed by atoms with E-state index in [-0.39, 0.29) is 35.1 Å². The first-order valence-corrected chi connectivity index (χ1v) is 8.97. The molecule has 0 bridgehead atoms. The Kier molecular flexibility index (Phi) is 3.71. The highest BCUT2D eigenvalue weighted by Crippen LogP contribution is 2.47. The molecule has 0 saturated heterocycles. The number of hydrazone groups is 1. The SMILES string of the molecule is Cn1ncnc1C1C2=C3C(=CC1c1ccccc1)C=NN(F)C3=CC(=O)CN2. The standard InChI is InChI=1S/C20H17FN6O/c1-26-20(23-11-25-26)18-15(12-5-3-2-4-6-12)7-13-9-24-27(21)16-8-14(28)10-22-19(18)17(13)16/h2-9,11,15,18,22H,10H2,1H3. The Hall–Kier alpha value is -3.55. The predicted octanol–water partition coefficient (Wildman–Crippen LogP) is 2.12. The molecule has 7 nitrogen and oxygen atoms in total. The zero-order valence-corrected chi connectivity index (χ0v) is 15.1. The third-order valence-corrected chi connectivity index (χ3v) is 5.30. The van der Waals surface area contributed by atoms with Crippen molar-refractivity contribution in [2.24, 2.45) is 12.1 Å². The topological polar surface area (TPSA) is 75.4 Å². The van der Waals surface area contributed by atoms with Crippen molar-refractivity contribution < 1.29 is 9.28 Å². The molecule has 5 rings (SSSR count). The van der Waals surface area contributed by atoms with Crippen molar-refractivity contribution in [3.63, 3.8) is 0 Å². The van der Waals surface area contributed by atoms with E-state index >= 15 is 0 Å². The summed E-state index contributed by atoms with van der Waals surface area (Å²) in [6, 6.07) is 10.0. The number of benzene rings is 1. The van der Waals surface area contributed by atoms with Crippen molar-refractivity contribution in [1.82, 2.24) is 25.3 Å². The molecular formula is C20H17FN6O. The van der Waals surface area contributed by atoms with Crippen LogP contribution in [-0.4, -0.2) is 38.5 Å². The van der Waals surface area contributed by atoms with E-state index in [2.05, 4.69) is 38.7 Å². The largest absolute Gasteiger partial charge is 0.380 e. The highest BCUT2D eigenvalue weighted by molar-refractivity contribution is 5.97. The van der Waals surface area contributed by atoms with Crippen LogP contribution >= 0.6 is 0 Å². The predicted molar refractivity (Wildman–Crippen MR) is 101 cm³/mol. The molecule has 1 N–H and O–H groups in total. The third kappa shape index (κ3) is 2.49. The number of nitrogens with zero attached hydrogens (tertiary/aromatic N) is 5. The molecule has 2 atom stereocenters. The Balaban J connectivity index is 1.77. The van der Waals surface area contributed by atoms with Crippen LogP contribution in [0.1, 0.15) is 23.2 Å². The molecule has 0 fully saturated rings. The molecule has 3 heterocycles. The molecule has 3 aliphatic rings. The number of hydrogen-bond donors (Lipinski definition) is 1. The summed E-state index contributed by atoms with van der Waals surface area (Å²) in [6.45, 7) is 0.0827. The van der Waals surface area contributed by atoms with Crippen LogP contribution in [0.2, 0.25) is 0 Å². The Morgan fingerprint density at radius 3 is 2.82 bits per heavy atom. The highest BCUT2D eigenvalue weighted by Gasteiger charge is 2.40. The van der Waals surface area contributed by atoms with Gasteiger partial charge in [-0.15, -0.1) is 5.10 Å². The summed E-state index contributed by atoms with van der Waals surface area (Å²) >= 11 is 0. The first-order chi connectivity index (χ1) is 13.6. The van der Waals surface area contributed by atoms with E-state index in [1.165, 1.54) is 18.6 Å². The summed E-state index contributed by atoms with van der Waals surface area (Å²) in [5.41, 5.74) is 3.42. The zero-order valence-electron chi connectivity index (χ0n) is 15.1. The van der Waals surface area contributed by atoms with Gasteiger partial charge in [-0.25, -0.2) is 4.98 Å². The minimum absolute atomic E-state index is 0.0718. The Labute approximate surface area is 160 Å². The van der Waals surface area contributed by atoms with Gasteiger partial charge in [-0.2, -0.15) is 5.10 Å². The van der Waals surface area contributed by atoms with Crippen LogP contribution < -0.4 is 5.32 Å². The van der Waals surface area contributed by atoms with Crippen LogP contribution in [0, 0.1) is 0 Å². The van der Waals surface area contributed by atoms with Gasteiger partial charge in [0.15, 0.2) is 5.78 Å². The number of carbonyl (C=O) groups is 1. The van der Waals surface area contributed by atoms with Crippen molar-refractivity contribution >= 4 is 12.0 Å². The first-order valence-electron chi connectivity index (χ1n) is 8.97. The molecule has 8 heteroatoms. The summed E-state index contributed by atoms with van der Waals surface area (Å²) in [5.74, 6) is 0.206. The number of rotatable bonds is 2. The fourth-order valence-corrected chi connectivity index (χ4v) is 4.07. The van der Waals surface area contributed by atoms with Gasteiger partial charge in [-0.3, -0.25) is 9.48 Å². The van der Waals surface area contributed by atoms with Gasteiger partial charge in [0, 0.05) is 35.9 Å². The van der Waals surface area contributed by atoms with E-state index in [0.29, 0.717) is 5.57 Å². The first kappa shape index (κ1) is 16.6. The number of nitrogens with one attached hydrogen (secondary N) is 1. The fourth-order valence-electron chi connectivity index (χ4n) is 4.07. The molecule has 28 heavy (non-hydrogen) atoms. The van der Waals surface area contributed by atoms with E-state index in [9.17, 15) is 9.28 Å². The Morgan fingerprint density at radius 2 is 2.07 bits per heavy atom. The number of allylic oxidation sites excluding steroid dienone is 3. The van der Waals surface area contributed by atoms with Crippen molar-refractivity contribution in [2.75, 3.05) is 6.54 Å². The van der Waals surface area contributed by atoms with E-state index < -0.39 is 0 Å². The summed E-state index contributed by atoms with van der Waals surface area (Å²) in [5, 5.41) is 11.5. The Bertz CT molecular complexity index is 1080. The highest BCUT2D eigenvalue weighted by atomic mass is 19.2. The molecular weight excluding hydrogens is 359 g/mol. The molecule has 0 spiro atoms. The molecule has 0 saturated carbocycles. The minimum atomic E-state index is -0.247.